The van der Waals surface area contributed by atoms with Crippen LogP contribution in [0.2, 0.25) is 0 Å². The van der Waals surface area contributed by atoms with Crippen molar-refractivity contribution < 1.29 is 4.74 Å². The molecule has 1 heteroatoms. The third-order valence-electron chi connectivity index (χ3n) is 3.12. The van der Waals surface area contributed by atoms with Crippen molar-refractivity contribution in [1.29, 1.82) is 0 Å². The van der Waals surface area contributed by atoms with Gasteiger partial charge in [-0.05, 0) is 18.1 Å². The van der Waals surface area contributed by atoms with Crippen LogP contribution in [0.15, 0.2) is 54.6 Å². The van der Waals surface area contributed by atoms with Gasteiger partial charge >= 0.3 is 0 Å². The molecule has 0 saturated carbocycles. The van der Waals surface area contributed by atoms with E-state index < -0.39 is 0 Å². The summed E-state index contributed by atoms with van der Waals surface area (Å²) in [6, 6.07) is 19.0. The zero-order valence-corrected chi connectivity index (χ0v) is 9.10. The maximum absolute atomic E-state index is 5.68. The fraction of sp³-hybridized carbons (Fsp3) is 0.200. The first kappa shape index (κ1) is 9.46. The molecule has 2 aromatic carbocycles. The summed E-state index contributed by atoms with van der Waals surface area (Å²) in [5.74, 6) is 1.57. The first-order valence-electron chi connectivity index (χ1n) is 5.69. The number of hydrogen-bond donors (Lipinski definition) is 0. The largest absolute Gasteiger partial charge is 0.493 e. The summed E-state index contributed by atoms with van der Waals surface area (Å²) in [5.41, 5.74) is 2.74. The van der Waals surface area contributed by atoms with Crippen molar-refractivity contribution in [1.82, 2.24) is 0 Å². The molecule has 0 radical (unpaired) electrons. The van der Waals surface area contributed by atoms with E-state index in [9.17, 15) is 0 Å². The Morgan fingerprint density at radius 3 is 2.56 bits per heavy atom. The van der Waals surface area contributed by atoms with E-state index in [1.165, 1.54) is 11.1 Å². The van der Waals surface area contributed by atoms with Crippen LogP contribution in [-0.4, -0.2) is 6.61 Å². The number of benzene rings is 2. The third-order valence-corrected chi connectivity index (χ3v) is 3.12. The van der Waals surface area contributed by atoms with Gasteiger partial charge in [0.1, 0.15) is 5.75 Å². The Labute approximate surface area is 95.7 Å². The lowest BCUT2D eigenvalue weighted by Crippen LogP contribution is -2.04. The van der Waals surface area contributed by atoms with Crippen LogP contribution in [0.25, 0.3) is 0 Å². The summed E-state index contributed by atoms with van der Waals surface area (Å²) < 4.78 is 5.68. The zero-order chi connectivity index (χ0) is 10.8. The van der Waals surface area contributed by atoms with Gasteiger partial charge < -0.3 is 4.74 Å². The van der Waals surface area contributed by atoms with Gasteiger partial charge in [-0.15, -0.1) is 0 Å². The average Bonchev–Trinajstić information content (AvgIpc) is 2.74. The molecule has 1 nitrogen and oxygen atoms in total. The van der Waals surface area contributed by atoms with Gasteiger partial charge in [0.25, 0.3) is 0 Å². The second-order valence-electron chi connectivity index (χ2n) is 4.24. The maximum atomic E-state index is 5.68. The minimum atomic E-state index is 0.513. The smallest absolute Gasteiger partial charge is 0.122 e. The van der Waals surface area contributed by atoms with Gasteiger partial charge in [-0.2, -0.15) is 0 Å². The second kappa shape index (κ2) is 4.01. The van der Waals surface area contributed by atoms with Crippen molar-refractivity contribution in [3.05, 3.63) is 65.7 Å². The van der Waals surface area contributed by atoms with Crippen molar-refractivity contribution in [3.8, 4) is 5.75 Å². The van der Waals surface area contributed by atoms with Gasteiger partial charge in [0.2, 0.25) is 0 Å². The van der Waals surface area contributed by atoms with Gasteiger partial charge in [-0.3, -0.25) is 0 Å². The number of ether oxygens (including phenoxy) is 1. The molecular formula is C15H14O. The lowest BCUT2D eigenvalue weighted by atomic mass is 9.94. The molecule has 1 aliphatic heterocycles. The predicted octanol–water partition coefficient (Wildman–Crippen LogP) is 3.41. The van der Waals surface area contributed by atoms with Crippen molar-refractivity contribution >= 4 is 0 Å². The number of fused-ring (bicyclic) bond motifs is 1. The molecule has 0 aromatic heterocycles. The van der Waals surface area contributed by atoms with E-state index in [0.29, 0.717) is 5.92 Å². The molecule has 0 fully saturated rings. The normalized spacial score (nSPS) is 17.9. The summed E-state index contributed by atoms with van der Waals surface area (Å²) >= 11 is 0. The van der Waals surface area contributed by atoms with E-state index in [4.69, 9.17) is 4.74 Å². The van der Waals surface area contributed by atoms with E-state index in [0.717, 1.165) is 18.8 Å². The topological polar surface area (TPSA) is 9.23 Å². The summed E-state index contributed by atoms with van der Waals surface area (Å²) in [4.78, 5) is 0. The van der Waals surface area contributed by atoms with Crippen molar-refractivity contribution in [3.63, 3.8) is 0 Å². The molecule has 0 amide bonds. The van der Waals surface area contributed by atoms with Gasteiger partial charge in [0.15, 0.2) is 0 Å². The summed E-state index contributed by atoms with van der Waals surface area (Å²) in [6.07, 6.45) is 1.07. The van der Waals surface area contributed by atoms with E-state index >= 15 is 0 Å². The SMILES string of the molecule is c1ccc(C[C@H]2COc3ccccc32)cc1. The first-order chi connectivity index (χ1) is 7.93. The van der Waals surface area contributed by atoms with Crippen LogP contribution in [-0.2, 0) is 6.42 Å². The predicted molar refractivity (Wildman–Crippen MR) is 64.8 cm³/mol. The van der Waals surface area contributed by atoms with Crippen LogP contribution < -0.4 is 4.74 Å². The Bertz CT molecular complexity index is 476. The van der Waals surface area contributed by atoms with E-state index in [1.807, 2.05) is 6.07 Å². The number of rotatable bonds is 2. The highest BCUT2D eigenvalue weighted by Crippen LogP contribution is 2.35. The molecule has 80 valence electrons. The Morgan fingerprint density at radius 2 is 1.69 bits per heavy atom. The Balaban J connectivity index is 1.84. The lowest BCUT2D eigenvalue weighted by Gasteiger charge is -2.08. The van der Waals surface area contributed by atoms with Crippen LogP contribution in [0.4, 0.5) is 0 Å². The monoisotopic (exact) mass is 210 g/mol. The second-order valence-corrected chi connectivity index (χ2v) is 4.24. The maximum Gasteiger partial charge on any atom is 0.122 e. The molecule has 0 unspecified atom stereocenters. The van der Waals surface area contributed by atoms with Crippen LogP contribution >= 0.6 is 0 Å². The van der Waals surface area contributed by atoms with Crippen LogP contribution in [0.3, 0.4) is 0 Å². The molecule has 0 N–H and O–H groups in total. The summed E-state index contributed by atoms with van der Waals surface area (Å²) in [5, 5.41) is 0. The fourth-order valence-corrected chi connectivity index (χ4v) is 2.30. The average molecular weight is 210 g/mol. The van der Waals surface area contributed by atoms with Crippen LogP contribution in [0, 0.1) is 0 Å². The van der Waals surface area contributed by atoms with Gasteiger partial charge in [-0.1, -0.05) is 48.5 Å². The molecule has 1 heterocycles. The van der Waals surface area contributed by atoms with E-state index in [-0.39, 0.29) is 0 Å². The minimum Gasteiger partial charge on any atom is -0.493 e. The first-order valence-corrected chi connectivity index (χ1v) is 5.69. The Hall–Kier alpha value is -1.76. The molecule has 1 aliphatic rings. The van der Waals surface area contributed by atoms with Crippen molar-refractivity contribution in [2.45, 2.75) is 12.3 Å². The molecular weight excluding hydrogens is 196 g/mol. The molecule has 3 rings (SSSR count). The summed E-state index contributed by atoms with van der Waals surface area (Å²) in [7, 11) is 0. The molecule has 0 spiro atoms. The molecule has 16 heavy (non-hydrogen) atoms. The summed E-state index contributed by atoms with van der Waals surface area (Å²) in [6.45, 7) is 0.814. The van der Waals surface area contributed by atoms with Gasteiger partial charge in [-0.25, -0.2) is 0 Å². The van der Waals surface area contributed by atoms with E-state index in [1.54, 1.807) is 0 Å². The van der Waals surface area contributed by atoms with Gasteiger partial charge in [0, 0.05) is 11.5 Å². The zero-order valence-electron chi connectivity index (χ0n) is 9.10. The number of hydrogen-bond acceptors (Lipinski definition) is 1. The van der Waals surface area contributed by atoms with E-state index in [2.05, 4.69) is 48.5 Å². The minimum absolute atomic E-state index is 0.513. The highest BCUT2D eigenvalue weighted by Gasteiger charge is 2.23. The Morgan fingerprint density at radius 1 is 0.938 bits per heavy atom. The molecule has 0 bridgehead atoms. The van der Waals surface area contributed by atoms with Crippen LogP contribution in [0.1, 0.15) is 17.0 Å². The highest BCUT2D eigenvalue weighted by molar-refractivity contribution is 5.40. The Kier molecular flexibility index (Phi) is 2.37. The van der Waals surface area contributed by atoms with Gasteiger partial charge in [0.05, 0.1) is 6.61 Å². The fourth-order valence-electron chi connectivity index (χ4n) is 2.30. The molecule has 2 aromatic rings. The number of para-hydroxylation sites is 1. The van der Waals surface area contributed by atoms with Crippen LogP contribution in [0.5, 0.6) is 5.75 Å². The van der Waals surface area contributed by atoms with Crippen molar-refractivity contribution in [2.75, 3.05) is 6.61 Å². The molecule has 0 saturated heterocycles. The molecule has 1 atom stereocenters. The lowest BCUT2D eigenvalue weighted by molar-refractivity contribution is 0.330. The standard InChI is InChI=1S/C15H14O/c1-2-6-12(7-3-1)10-13-11-16-15-9-5-4-8-14(13)15/h1-9,13H,10-11H2/t13-/m0/s1. The third kappa shape index (κ3) is 1.69. The highest BCUT2D eigenvalue weighted by atomic mass is 16.5. The quantitative estimate of drug-likeness (QED) is 0.738. The molecule has 0 aliphatic carbocycles. The van der Waals surface area contributed by atoms with Crippen molar-refractivity contribution in [2.24, 2.45) is 0 Å².